The molecule has 1 fully saturated rings. The molecule has 1 aromatic rings. The van der Waals surface area contributed by atoms with Crippen LogP contribution in [0, 0.1) is 17.0 Å². The molecule has 1 N–H and O–H groups in total. The minimum Gasteiger partial charge on any atom is -0.353 e. The van der Waals surface area contributed by atoms with Gasteiger partial charge in [0, 0.05) is 29.7 Å². The van der Waals surface area contributed by atoms with Gasteiger partial charge in [-0.1, -0.05) is 25.8 Å². The molecule has 0 spiro atoms. The average molecular weight is 444 g/mol. The van der Waals surface area contributed by atoms with E-state index in [0.717, 1.165) is 16.3 Å². The second kappa shape index (κ2) is 10.3. The molecule has 0 aliphatic heterocycles. The van der Waals surface area contributed by atoms with Crippen molar-refractivity contribution < 1.29 is 18.1 Å². The van der Waals surface area contributed by atoms with Crippen LogP contribution in [-0.2, 0) is 14.8 Å². The topological polar surface area (TPSA) is 110 Å². The number of nitro groups is 1. The summed E-state index contributed by atoms with van der Waals surface area (Å²) in [7, 11) is -3.84. The summed E-state index contributed by atoms with van der Waals surface area (Å²) < 4.78 is 26.1. The van der Waals surface area contributed by atoms with Gasteiger partial charge < -0.3 is 5.32 Å². The predicted molar refractivity (Wildman–Crippen MR) is 117 cm³/mol. The molecular weight excluding hydrogens is 414 g/mol. The Balaban J connectivity index is 2.17. The number of hydrogen-bond acceptors (Lipinski definition) is 6. The van der Waals surface area contributed by atoms with Crippen molar-refractivity contribution in [2.75, 3.05) is 22.9 Å². The zero-order valence-electron chi connectivity index (χ0n) is 17.1. The molecule has 0 bridgehead atoms. The van der Waals surface area contributed by atoms with Crippen molar-refractivity contribution in [3.05, 3.63) is 33.9 Å². The predicted octanol–water partition coefficient (Wildman–Crippen LogP) is 3.24. The van der Waals surface area contributed by atoms with Crippen molar-refractivity contribution in [1.82, 2.24) is 5.32 Å². The van der Waals surface area contributed by atoms with Crippen molar-refractivity contribution in [3.8, 4) is 0 Å². The van der Waals surface area contributed by atoms with Gasteiger partial charge in [-0.15, -0.1) is 0 Å². The number of non-ortho nitro benzene ring substituents is 1. The first-order chi connectivity index (χ1) is 13.6. The number of nitrogens with zero attached hydrogens (tertiary/aromatic N) is 2. The van der Waals surface area contributed by atoms with Gasteiger partial charge in [-0.2, -0.15) is 11.8 Å². The second-order valence-electron chi connectivity index (χ2n) is 7.28. The van der Waals surface area contributed by atoms with Crippen LogP contribution >= 0.6 is 11.8 Å². The fraction of sp³-hybridized carbons (Fsp3) is 0.632. The van der Waals surface area contributed by atoms with Crippen molar-refractivity contribution >= 4 is 39.1 Å². The lowest BCUT2D eigenvalue weighted by molar-refractivity contribution is -0.384. The highest BCUT2D eigenvalue weighted by atomic mass is 32.2. The zero-order chi connectivity index (χ0) is 21.6. The Morgan fingerprint density at radius 1 is 1.38 bits per heavy atom. The van der Waals surface area contributed by atoms with E-state index in [1.165, 1.54) is 43.9 Å². The van der Waals surface area contributed by atoms with E-state index in [2.05, 4.69) is 5.32 Å². The number of rotatable bonds is 10. The van der Waals surface area contributed by atoms with E-state index in [4.69, 9.17) is 0 Å². The minimum absolute atomic E-state index is 0.157. The van der Waals surface area contributed by atoms with E-state index in [9.17, 15) is 23.3 Å². The summed E-state index contributed by atoms with van der Waals surface area (Å²) in [5.74, 6) is 0.387. The van der Waals surface area contributed by atoms with Crippen LogP contribution in [0.4, 0.5) is 11.4 Å². The van der Waals surface area contributed by atoms with Crippen molar-refractivity contribution in [2.45, 2.75) is 57.2 Å². The molecule has 0 heterocycles. The number of anilines is 1. The van der Waals surface area contributed by atoms with Crippen LogP contribution in [0.3, 0.4) is 0 Å². The Kier molecular flexibility index (Phi) is 8.33. The number of amides is 1. The smallest absolute Gasteiger partial charge is 0.271 e. The Labute approximate surface area is 176 Å². The third-order valence-electron chi connectivity index (χ3n) is 5.03. The monoisotopic (exact) mass is 443 g/mol. The summed E-state index contributed by atoms with van der Waals surface area (Å²) in [5, 5.41) is 14.6. The maximum absolute atomic E-state index is 12.8. The lowest BCUT2D eigenvalue weighted by Crippen LogP contribution is -2.50. The van der Waals surface area contributed by atoms with Gasteiger partial charge >= 0.3 is 0 Å². The van der Waals surface area contributed by atoms with Crippen molar-refractivity contribution in [3.63, 3.8) is 0 Å². The molecule has 162 valence electrons. The van der Waals surface area contributed by atoms with E-state index in [1.807, 2.05) is 11.8 Å². The minimum atomic E-state index is -3.84. The van der Waals surface area contributed by atoms with Crippen LogP contribution in [0.25, 0.3) is 0 Å². The summed E-state index contributed by atoms with van der Waals surface area (Å²) in [6, 6.07) is 3.05. The van der Waals surface area contributed by atoms with E-state index in [0.29, 0.717) is 17.4 Å². The molecule has 29 heavy (non-hydrogen) atoms. The lowest BCUT2D eigenvalue weighted by Gasteiger charge is -2.31. The number of hydrogen-bond donors (Lipinski definition) is 1. The highest BCUT2D eigenvalue weighted by Crippen LogP contribution is 2.31. The maximum Gasteiger partial charge on any atom is 0.271 e. The van der Waals surface area contributed by atoms with E-state index in [1.54, 1.807) is 13.8 Å². The highest BCUT2D eigenvalue weighted by molar-refractivity contribution is 7.99. The highest BCUT2D eigenvalue weighted by Gasteiger charge is 2.33. The Bertz CT molecular complexity index is 838. The van der Waals surface area contributed by atoms with E-state index in [-0.39, 0.29) is 17.8 Å². The quantitative estimate of drug-likeness (QED) is 0.338. The van der Waals surface area contributed by atoms with Crippen LogP contribution in [0.1, 0.15) is 44.6 Å². The van der Waals surface area contributed by atoms with Crippen LogP contribution < -0.4 is 9.62 Å². The third kappa shape index (κ3) is 6.33. The number of benzene rings is 1. The molecule has 0 saturated heterocycles. The number of carbonyl (C=O) groups is 1. The maximum atomic E-state index is 12.8. The van der Waals surface area contributed by atoms with Gasteiger partial charge in [-0.3, -0.25) is 19.2 Å². The van der Waals surface area contributed by atoms with Gasteiger partial charge in [0.15, 0.2) is 0 Å². The molecule has 1 atom stereocenters. The molecule has 1 saturated carbocycles. The Morgan fingerprint density at radius 3 is 2.59 bits per heavy atom. The van der Waals surface area contributed by atoms with Crippen molar-refractivity contribution in [1.29, 1.82) is 0 Å². The number of carbonyl (C=O) groups excluding carboxylic acids is 1. The summed E-state index contributed by atoms with van der Waals surface area (Å²) in [4.78, 5) is 23.4. The normalized spacial score (nSPS) is 15.8. The molecule has 1 aliphatic carbocycles. The molecular formula is C19H29N3O5S2. The van der Waals surface area contributed by atoms with Gasteiger partial charge in [0.05, 0.1) is 16.9 Å². The number of thioether (sulfide) groups is 1. The molecule has 8 nitrogen and oxygen atoms in total. The molecule has 1 aliphatic rings. The van der Waals surface area contributed by atoms with Gasteiger partial charge in [0.2, 0.25) is 15.9 Å². The lowest BCUT2D eigenvalue weighted by atomic mass is 10.1. The zero-order valence-corrected chi connectivity index (χ0v) is 18.7. The SMILES string of the molecule is CC[C@H](C(=O)NCCSC1CCCC1)N(c1cc([N+](=O)[O-])ccc1C)S(C)(=O)=O. The molecule has 0 unspecified atom stereocenters. The number of nitro benzene ring substituents is 1. The van der Waals surface area contributed by atoms with Gasteiger partial charge in [0.1, 0.15) is 6.04 Å². The number of aryl methyl sites for hydroxylation is 1. The molecule has 0 aromatic heterocycles. The number of sulfonamides is 1. The average Bonchev–Trinajstić information content (AvgIpc) is 3.16. The van der Waals surface area contributed by atoms with E-state index >= 15 is 0 Å². The number of nitrogens with one attached hydrogen (secondary N) is 1. The standard InChI is InChI=1S/C19H29N3O5S2/c1-4-17(19(23)20-11-12-28-16-7-5-6-8-16)21(29(3,26)27)18-13-15(22(24)25)10-9-14(18)2/h9-10,13,16-17H,4-8,11-12H2,1-3H3,(H,20,23)/t17-/m1/s1. The fourth-order valence-electron chi connectivity index (χ4n) is 3.56. The van der Waals surface area contributed by atoms with Crippen LogP contribution in [0.5, 0.6) is 0 Å². The summed E-state index contributed by atoms with van der Waals surface area (Å²) in [5.41, 5.74) is 0.482. The molecule has 10 heteroatoms. The first-order valence-electron chi connectivity index (χ1n) is 9.79. The van der Waals surface area contributed by atoms with Crippen LogP contribution in [0.2, 0.25) is 0 Å². The first kappa shape index (κ1) is 23.5. The second-order valence-corrected chi connectivity index (χ2v) is 10.5. The Hall–Kier alpha value is -1.81. The fourth-order valence-corrected chi connectivity index (χ4v) is 6.04. The van der Waals surface area contributed by atoms with Crippen LogP contribution in [0.15, 0.2) is 18.2 Å². The molecule has 0 radical (unpaired) electrons. The molecule has 1 amide bonds. The Morgan fingerprint density at radius 2 is 2.03 bits per heavy atom. The largest absolute Gasteiger partial charge is 0.353 e. The summed E-state index contributed by atoms with van der Waals surface area (Å²) in [6.45, 7) is 3.85. The first-order valence-corrected chi connectivity index (χ1v) is 12.7. The summed E-state index contributed by atoms with van der Waals surface area (Å²) in [6.07, 6.45) is 6.20. The van der Waals surface area contributed by atoms with Crippen molar-refractivity contribution in [2.24, 2.45) is 0 Å². The third-order valence-corrected chi connectivity index (χ3v) is 7.58. The summed E-state index contributed by atoms with van der Waals surface area (Å²) >= 11 is 1.84. The van der Waals surface area contributed by atoms with Gasteiger partial charge in [-0.25, -0.2) is 8.42 Å². The van der Waals surface area contributed by atoms with E-state index < -0.39 is 26.9 Å². The molecule has 2 rings (SSSR count). The van der Waals surface area contributed by atoms with Gasteiger partial charge in [-0.05, 0) is 31.7 Å². The molecule has 1 aromatic carbocycles. The van der Waals surface area contributed by atoms with Crippen LogP contribution in [-0.4, -0.2) is 49.1 Å². The van der Waals surface area contributed by atoms with Gasteiger partial charge in [0.25, 0.3) is 5.69 Å².